The number of hydrogen-bond acceptors (Lipinski definition) is 3. The van der Waals surface area contributed by atoms with Crippen LogP contribution in [0.5, 0.6) is 0 Å². The fourth-order valence-electron chi connectivity index (χ4n) is 2.91. The first kappa shape index (κ1) is 14.3. The molecule has 0 spiro atoms. The lowest BCUT2D eigenvalue weighted by Crippen LogP contribution is -2.36. The fraction of sp³-hybridized carbons (Fsp3) is 0.200. The summed E-state index contributed by atoms with van der Waals surface area (Å²) >= 11 is 1.29. The van der Waals surface area contributed by atoms with Crippen molar-refractivity contribution in [1.82, 2.24) is 9.55 Å². The van der Waals surface area contributed by atoms with Crippen LogP contribution in [0.15, 0.2) is 23.6 Å². The fourth-order valence-corrected chi connectivity index (χ4v) is 3.59. The molecule has 1 aliphatic rings. The van der Waals surface area contributed by atoms with Crippen LogP contribution in [0.25, 0.3) is 10.9 Å². The van der Waals surface area contributed by atoms with Gasteiger partial charge in [-0.05, 0) is 23.9 Å². The Morgan fingerprint density at radius 3 is 2.78 bits per heavy atom. The first-order chi connectivity index (χ1) is 11.1. The Kier molecular flexibility index (Phi) is 3.15. The molecule has 1 aliphatic heterocycles. The molecule has 0 atom stereocenters. The van der Waals surface area contributed by atoms with Crippen molar-refractivity contribution in [3.05, 3.63) is 46.2 Å². The van der Waals surface area contributed by atoms with Crippen molar-refractivity contribution in [2.45, 2.75) is 13.0 Å². The van der Waals surface area contributed by atoms with Gasteiger partial charge in [-0.1, -0.05) is 6.07 Å². The highest BCUT2D eigenvalue weighted by Gasteiger charge is 2.29. The van der Waals surface area contributed by atoms with E-state index in [1.54, 1.807) is 17.5 Å². The molecule has 0 aromatic carbocycles. The van der Waals surface area contributed by atoms with E-state index in [4.69, 9.17) is 0 Å². The van der Waals surface area contributed by atoms with Gasteiger partial charge in [0.1, 0.15) is 11.3 Å². The van der Waals surface area contributed by atoms with Gasteiger partial charge in [-0.15, -0.1) is 11.3 Å². The molecule has 0 radical (unpaired) electrons. The molecule has 0 aliphatic carbocycles. The molecule has 3 aromatic rings. The molecule has 4 rings (SSSR count). The highest BCUT2D eigenvalue weighted by Crippen LogP contribution is 2.34. The average molecular weight is 337 g/mol. The zero-order valence-electron chi connectivity index (χ0n) is 11.7. The normalized spacial score (nSPS) is 14.3. The highest BCUT2D eigenvalue weighted by molar-refractivity contribution is 7.12. The minimum absolute atomic E-state index is 0.109. The molecule has 0 bridgehead atoms. The number of hydrogen-bond donors (Lipinski definition) is 0. The summed E-state index contributed by atoms with van der Waals surface area (Å²) in [5.74, 6) is -3.63. The number of amides is 1. The molecular weight excluding hydrogens is 327 g/mol. The minimum atomic E-state index is -1.48. The first-order valence-corrected chi connectivity index (χ1v) is 7.85. The van der Waals surface area contributed by atoms with Crippen LogP contribution >= 0.6 is 11.3 Å². The summed E-state index contributed by atoms with van der Waals surface area (Å²) in [5.41, 5.74) is -0.109. The third-order valence-corrected chi connectivity index (χ3v) is 4.76. The van der Waals surface area contributed by atoms with Crippen molar-refractivity contribution < 1.29 is 18.0 Å². The van der Waals surface area contributed by atoms with Crippen molar-refractivity contribution in [1.29, 1.82) is 0 Å². The molecule has 0 fully saturated rings. The summed E-state index contributed by atoms with van der Waals surface area (Å²) in [7, 11) is 0. The number of anilines is 1. The zero-order chi connectivity index (χ0) is 16.1. The quantitative estimate of drug-likeness (QED) is 0.637. The molecule has 23 heavy (non-hydrogen) atoms. The van der Waals surface area contributed by atoms with Gasteiger partial charge < -0.3 is 4.57 Å². The molecule has 0 N–H and O–H groups in total. The molecule has 118 valence electrons. The average Bonchev–Trinajstić information content (AvgIpc) is 3.19. The van der Waals surface area contributed by atoms with E-state index in [-0.39, 0.29) is 16.8 Å². The highest BCUT2D eigenvalue weighted by atomic mass is 32.1. The van der Waals surface area contributed by atoms with Gasteiger partial charge in [0.05, 0.1) is 4.88 Å². The van der Waals surface area contributed by atoms with E-state index in [1.807, 2.05) is 0 Å². The van der Waals surface area contributed by atoms with Crippen molar-refractivity contribution in [3.8, 4) is 0 Å². The van der Waals surface area contributed by atoms with E-state index in [0.717, 1.165) is 0 Å². The van der Waals surface area contributed by atoms with Crippen molar-refractivity contribution in [2.24, 2.45) is 0 Å². The second-order valence-electron chi connectivity index (χ2n) is 5.21. The van der Waals surface area contributed by atoms with Gasteiger partial charge in [-0.25, -0.2) is 4.39 Å². The second-order valence-corrected chi connectivity index (χ2v) is 6.16. The predicted molar refractivity (Wildman–Crippen MR) is 80.2 cm³/mol. The lowest BCUT2D eigenvalue weighted by molar-refractivity contribution is 0.0986. The Labute approximate surface area is 132 Å². The number of thiophene rings is 1. The number of carbonyl (C=O) groups is 1. The minimum Gasteiger partial charge on any atom is -0.323 e. The van der Waals surface area contributed by atoms with E-state index in [9.17, 15) is 18.0 Å². The number of rotatable bonds is 1. The number of carbonyl (C=O) groups excluding carboxylic acids is 1. The predicted octanol–water partition coefficient (Wildman–Crippen LogP) is 3.57. The molecule has 0 saturated carbocycles. The van der Waals surface area contributed by atoms with Crippen molar-refractivity contribution in [3.63, 3.8) is 0 Å². The summed E-state index contributed by atoms with van der Waals surface area (Å²) in [4.78, 5) is 17.6. The van der Waals surface area contributed by atoms with Crippen LogP contribution in [0.4, 0.5) is 19.0 Å². The van der Waals surface area contributed by atoms with Gasteiger partial charge >= 0.3 is 0 Å². The lowest BCUT2D eigenvalue weighted by atomic mass is 10.3. The van der Waals surface area contributed by atoms with E-state index in [2.05, 4.69) is 4.98 Å². The number of pyridine rings is 1. The maximum absolute atomic E-state index is 14.0. The topological polar surface area (TPSA) is 38.1 Å². The third-order valence-electron chi connectivity index (χ3n) is 3.90. The van der Waals surface area contributed by atoms with Crippen LogP contribution in [-0.4, -0.2) is 22.0 Å². The Balaban J connectivity index is 1.92. The maximum Gasteiger partial charge on any atom is 0.269 e. The molecule has 0 saturated heterocycles. The largest absolute Gasteiger partial charge is 0.323 e. The van der Waals surface area contributed by atoms with Gasteiger partial charge in [0.15, 0.2) is 5.82 Å². The first-order valence-electron chi connectivity index (χ1n) is 6.97. The summed E-state index contributed by atoms with van der Waals surface area (Å²) in [5, 5.41) is 1.58. The van der Waals surface area contributed by atoms with Crippen LogP contribution in [0, 0.1) is 17.7 Å². The van der Waals surface area contributed by atoms with E-state index >= 15 is 0 Å². The summed E-state index contributed by atoms with van der Waals surface area (Å²) in [6, 6.07) is 4.76. The van der Waals surface area contributed by atoms with Crippen LogP contribution in [-0.2, 0) is 6.54 Å². The molecular formula is C15H10F3N3OS. The van der Waals surface area contributed by atoms with Gasteiger partial charge in [0.2, 0.25) is 5.95 Å². The summed E-state index contributed by atoms with van der Waals surface area (Å²) in [6.45, 7) is 0.850. The van der Waals surface area contributed by atoms with E-state index in [0.29, 0.717) is 30.2 Å². The van der Waals surface area contributed by atoms with Gasteiger partial charge in [-0.3, -0.25) is 9.69 Å². The van der Waals surface area contributed by atoms with Crippen molar-refractivity contribution in [2.75, 3.05) is 11.4 Å². The number of aryl methyl sites for hydroxylation is 1. The maximum atomic E-state index is 14.0. The summed E-state index contributed by atoms with van der Waals surface area (Å²) < 4.78 is 42.8. The van der Waals surface area contributed by atoms with E-state index in [1.165, 1.54) is 26.9 Å². The lowest BCUT2D eigenvalue weighted by Gasteiger charge is -2.28. The Morgan fingerprint density at radius 1 is 1.22 bits per heavy atom. The molecule has 1 amide bonds. The molecule has 4 heterocycles. The second kappa shape index (κ2) is 5.09. The Hall–Kier alpha value is -2.35. The monoisotopic (exact) mass is 337 g/mol. The number of aromatic nitrogens is 2. The Bertz CT molecular complexity index is 920. The summed E-state index contributed by atoms with van der Waals surface area (Å²) in [6.07, 6.45) is 0.590. The Morgan fingerprint density at radius 2 is 2.04 bits per heavy atom. The van der Waals surface area contributed by atoms with Crippen LogP contribution < -0.4 is 4.90 Å². The molecule has 4 nitrogen and oxygen atoms in total. The molecule has 0 unspecified atom stereocenters. The number of nitrogens with zero attached hydrogens (tertiary/aromatic N) is 3. The molecule has 3 aromatic heterocycles. The number of halogens is 3. The van der Waals surface area contributed by atoms with E-state index < -0.39 is 17.7 Å². The van der Waals surface area contributed by atoms with Crippen LogP contribution in [0.2, 0.25) is 0 Å². The van der Waals surface area contributed by atoms with Crippen LogP contribution in [0.1, 0.15) is 16.1 Å². The standard InChI is InChI=1S/C15H10F3N3OS/c16-11-8-7-10-20(12(8)14(18)19-13(11)17)4-2-5-21(10)15(22)9-3-1-6-23-9/h1,3,6-7H,2,4-5H2. The van der Waals surface area contributed by atoms with Gasteiger partial charge in [0, 0.05) is 18.5 Å². The third kappa shape index (κ3) is 2.05. The SMILES string of the molecule is O=C(c1cccs1)N1CCCn2c1cc1c(F)c(F)nc(F)c12. The molecule has 8 heteroatoms. The van der Waals surface area contributed by atoms with Crippen molar-refractivity contribution >= 4 is 34.0 Å². The van der Waals surface area contributed by atoms with Gasteiger partial charge in [0.25, 0.3) is 11.9 Å². The zero-order valence-corrected chi connectivity index (χ0v) is 12.5. The van der Waals surface area contributed by atoms with Gasteiger partial charge in [-0.2, -0.15) is 13.8 Å². The smallest absolute Gasteiger partial charge is 0.269 e. The number of fused-ring (bicyclic) bond motifs is 3. The van der Waals surface area contributed by atoms with Crippen LogP contribution in [0.3, 0.4) is 0 Å².